The summed E-state index contributed by atoms with van der Waals surface area (Å²) in [6, 6.07) is 22.0. The Morgan fingerprint density at radius 2 is 1.64 bits per heavy atom. The van der Waals surface area contributed by atoms with E-state index in [2.05, 4.69) is 10.5 Å². The Balaban J connectivity index is 1.62. The summed E-state index contributed by atoms with van der Waals surface area (Å²) in [6.07, 6.45) is 1.51. The number of nitrogens with zero attached hydrogens (tertiary/aromatic N) is 1. The third-order valence-corrected chi connectivity index (χ3v) is 3.32. The molecule has 0 saturated carbocycles. The molecule has 0 bridgehead atoms. The van der Waals surface area contributed by atoms with Gasteiger partial charge in [0, 0.05) is 5.56 Å². The van der Waals surface area contributed by atoms with Crippen LogP contribution in [0.2, 0.25) is 0 Å². The van der Waals surface area contributed by atoms with Crippen LogP contribution >= 0.6 is 0 Å². The van der Waals surface area contributed by atoms with E-state index in [1.807, 2.05) is 48.5 Å². The minimum absolute atomic E-state index is 0.333. The third-order valence-electron chi connectivity index (χ3n) is 3.32. The molecule has 0 heterocycles. The Bertz CT molecular complexity index is 878. The monoisotopic (exact) mass is 334 g/mol. The zero-order valence-corrected chi connectivity index (χ0v) is 13.2. The van der Waals surface area contributed by atoms with Crippen LogP contribution < -0.4 is 10.2 Å². The summed E-state index contributed by atoms with van der Waals surface area (Å²) in [4.78, 5) is 11.9. The van der Waals surface area contributed by atoms with Gasteiger partial charge in [-0.1, -0.05) is 30.3 Å². The van der Waals surface area contributed by atoms with Gasteiger partial charge < -0.3 is 4.74 Å². The van der Waals surface area contributed by atoms with Gasteiger partial charge in [0.15, 0.2) is 0 Å². The summed E-state index contributed by atoms with van der Waals surface area (Å²) in [5.74, 6) is 0.601. The Hall–Kier alpha value is -3.47. The van der Waals surface area contributed by atoms with Crippen molar-refractivity contribution in [3.8, 4) is 11.5 Å². The molecule has 3 aromatic rings. The fourth-order valence-corrected chi connectivity index (χ4v) is 2.11. The van der Waals surface area contributed by atoms with E-state index in [0.717, 1.165) is 11.3 Å². The number of hydrogen-bond donors (Lipinski definition) is 1. The van der Waals surface area contributed by atoms with Gasteiger partial charge in [-0.15, -0.1) is 0 Å². The maximum atomic E-state index is 12.8. The van der Waals surface area contributed by atoms with Crippen LogP contribution in [0.1, 0.15) is 15.9 Å². The predicted molar refractivity (Wildman–Crippen MR) is 94.4 cm³/mol. The van der Waals surface area contributed by atoms with E-state index in [1.54, 1.807) is 6.07 Å². The summed E-state index contributed by atoms with van der Waals surface area (Å²) in [6.45, 7) is 0. The standard InChI is InChI=1S/C20H15FN2O2/c21-17-11-9-16(10-12-17)20(24)23-22-14-15-5-4-8-19(13-15)25-18-6-2-1-3-7-18/h1-14H,(H,23,24)/b22-14-. The summed E-state index contributed by atoms with van der Waals surface area (Å²) < 4.78 is 18.6. The number of carbonyl (C=O) groups excluding carboxylic acids is 1. The second-order valence-electron chi connectivity index (χ2n) is 5.19. The normalized spacial score (nSPS) is 10.6. The molecule has 25 heavy (non-hydrogen) atoms. The molecule has 3 aromatic carbocycles. The molecule has 1 N–H and O–H groups in total. The molecule has 0 aliphatic rings. The minimum atomic E-state index is -0.409. The highest BCUT2D eigenvalue weighted by Crippen LogP contribution is 2.21. The van der Waals surface area contributed by atoms with Crippen molar-refractivity contribution in [2.24, 2.45) is 5.10 Å². The largest absolute Gasteiger partial charge is 0.457 e. The van der Waals surface area contributed by atoms with Gasteiger partial charge in [0.1, 0.15) is 17.3 Å². The molecule has 0 atom stereocenters. The van der Waals surface area contributed by atoms with Gasteiger partial charge in [0.2, 0.25) is 0 Å². The van der Waals surface area contributed by atoms with Gasteiger partial charge in [-0.25, -0.2) is 9.82 Å². The zero-order chi connectivity index (χ0) is 17.5. The molecule has 0 aliphatic heterocycles. The van der Waals surface area contributed by atoms with Gasteiger partial charge >= 0.3 is 0 Å². The number of hydrogen-bond acceptors (Lipinski definition) is 3. The smallest absolute Gasteiger partial charge is 0.271 e. The topological polar surface area (TPSA) is 50.7 Å². The van der Waals surface area contributed by atoms with E-state index in [1.165, 1.54) is 30.5 Å². The molecular formula is C20H15FN2O2. The molecule has 4 nitrogen and oxygen atoms in total. The van der Waals surface area contributed by atoms with Crippen LogP contribution in [0.15, 0.2) is 84.0 Å². The molecule has 0 fully saturated rings. The van der Waals surface area contributed by atoms with Crippen LogP contribution in [0.5, 0.6) is 11.5 Å². The van der Waals surface area contributed by atoms with Crippen LogP contribution in [0.3, 0.4) is 0 Å². The lowest BCUT2D eigenvalue weighted by Gasteiger charge is -2.05. The first-order valence-corrected chi connectivity index (χ1v) is 7.63. The average Bonchev–Trinajstić information content (AvgIpc) is 2.63. The molecule has 0 unspecified atom stereocenters. The zero-order valence-electron chi connectivity index (χ0n) is 13.2. The summed E-state index contributed by atoms with van der Waals surface area (Å²) in [5, 5.41) is 3.91. The van der Waals surface area contributed by atoms with E-state index in [9.17, 15) is 9.18 Å². The lowest BCUT2D eigenvalue weighted by atomic mass is 10.2. The predicted octanol–water partition coefficient (Wildman–Crippen LogP) is 4.38. The second-order valence-corrected chi connectivity index (χ2v) is 5.19. The van der Waals surface area contributed by atoms with E-state index in [4.69, 9.17) is 4.74 Å². The van der Waals surface area contributed by atoms with Crippen LogP contribution in [0, 0.1) is 5.82 Å². The summed E-state index contributed by atoms with van der Waals surface area (Å²) >= 11 is 0. The maximum absolute atomic E-state index is 12.8. The number of carbonyl (C=O) groups is 1. The minimum Gasteiger partial charge on any atom is -0.457 e. The van der Waals surface area contributed by atoms with Crippen molar-refractivity contribution in [2.75, 3.05) is 0 Å². The summed E-state index contributed by atoms with van der Waals surface area (Å²) in [7, 11) is 0. The Morgan fingerprint density at radius 1 is 0.920 bits per heavy atom. The van der Waals surface area contributed by atoms with Crippen molar-refractivity contribution in [3.05, 3.63) is 95.8 Å². The number of halogens is 1. The van der Waals surface area contributed by atoms with Crippen molar-refractivity contribution in [1.29, 1.82) is 0 Å². The highest BCUT2D eigenvalue weighted by Gasteiger charge is 2.03. The molecular weight excluding hydrogens is 319 g/mol. The molecule has 3 rings (SSSR count). The van der Waals surface area contributed by atoms with Gasteiger partial charge in [0.25, 0.3) is 5.91 Å². The van der Waals surface area contributed by atoms with Gasteiger partial charge in [0.05, 0.1) is 6.21 Å². The molecule has 124 valence electrons. The Labute approximate surface area is 144 Å². The number of rotatable bonds is 5. The first-order valence-electron chi connectivity index (χ1n) is 7.63. The molecule has 5 heteroatoms. The van der Waals surface area contributed by atoms with Gasteiger partial charge in [-0.05, 0) is 54.1 Å². The van der Waals surface area contributed by atoms with E-state index < -0.39 is 11.7 Å². The lowest BCUT2D eigenvalue weighted by molar-refractivity contribution is 0.0955. The van der Waals surface area contributed by atoms with Crippen molar-refractivity contribution in [1.82, 2.24) is 5.43 Å². The molecule has 1 amide bonds. The van der Waals surface area contributed by atoms with Gasteiger partial charge in [-0.2, -0.15) is 5.10 Å². The number of ether oxygens (including phenoxy) is 1. The quantitative estimate of drug-likeness (QED) is 0.556. The van der Waals surface area contributed by atoms with E-state index in [0.29, 0.717) is 11.3 Å². The number of amides is 1. The highest BCUT2D eigenvalue weighted by molar-refractivity contribution is 5.94. The van der Waals surface area contributed by atoms with E-state index >= 15 is 0 Å². The first-order chi connectivity index (χ1) is 12.2. The fourth-order valence-electron chi connectivity index (χ4n) is 2.11. The molecule has 0 radical (unpaired) electrons. The molecule has 0 spiro atoms. The van der Waals surface area contributed by atoms with Crippen LogP contribution in [-0.4, -0.2) is 12.1 Å². The highest BCUT2D eigenvalue weighted by atomic mass is 19.1. The van der Waals surface area contributed by atoms with Crippen molar-refractivity contribution >= 4 is 12.1 Å². The number of nitrogens with one attached hydrogen (secondary N) is 1. The van der Waals surface area contributed by atoms with Crippen molar-refractivity contribution < 1.29 is 13.9 Å². The van der Waals surface area contributed by atoms with Crippen molar-refractivity contribution in [3.63, 3.8) is 0 Å². The third kappa shape index (κ3) is 4.75. The van der Waals surface area contributed by atoms with Crippen molar-refractivity contribution in [2.45, 2.75) is 0 Å². The lowest BCUT2D eigenvalue weighted by Crippen LogP contribution is -2.17. The number of para-hydroxylation sites is 1. The van der Waals surface area contributed by atoms with Crippen LogP contribution in [0.25, 0.3) is 0 Å². The Kier molecular flexibility index (Phi) is 5.16. The average molecular weight is 334 g/mol. The summed E-state index contributed by atoms with van der Waals surface area (Å²) in [5.41, 5.74) is 3.51. The Morgan fingerprint density at radius 3 is 2.40 bits per heavy atom. The fraction of sp³-hybridized carbons (Fsp3) is 0. The SMILES string of the molecule is O=C(N/N=C\c1cccc(Oc2ccccc2)c1)c1ccc(F)cc1. The van der Waals surface area contributed by atoms with Gasteiger partial charge in [-0.3, -0.25) is 4.79 Å². The first kappa shape index (κ1) is 16.4. The second kappa shape index (κ2) is 7.88. The molecule has 0 saturated heterocycles. The molecule has 0 aliphatic carbocycles. The van der Waals surface area contributed by atoms with Crippen LogP contribution in [-0.2, 0) is 0 Å². The van der Waals surface area contributed by atoms with Crippen LogP contribution in [0.4, 0.5) is 4.39 Å². The van der Waals surface area contributed by atoms with E-state index in [-0.39, 0.29) is 0 Å². The number of benzene rings is 3. The molecule has 0 aromatic heterocycles. The maximum Gasteiger partial charge on any atom is 0.271 e. The number of hydrazone groups is 1.